The summed E-state index contributed by atoms with van der Waals surface area (Å²) in [6, 6.07) is 7.47. The third-order valence-corrected chi connectivity index (χ3v) is 2.20. The van der Waals surface area contributed by atoms with E-state index < -0.39 is 6.10 Å². The molecule has 5 nitrogen and oxygen atoms in total. The molecule has 0 radical (unpaired) electrons. The van der Waals surface area contributed by atoms with E-state index in [0.717, 1.165) is 11.4 Å². The zero-order chi connectivity index (χ0) is 11.5. The fourth-order valence-corrected chi connectivity index (χ4v) is 1.34. The maximum Gasteiger partial charge on any atom is 0.179 e. The van der Waals surface area contributed by atoms with Gasteiger partial charge in [0.2, 0.25) is 0 Å². The van der Waals surface area contributed by atoms with Gasteiger partial charge in [0.25, 0.3) is 0 Å². The Morgan fingerprint density at radius 2 is 2.25 bits per heavy atom. The number of aliphatic hydroxyl groups is 1. The highest BCUT2D eigenvalue weighted by molar-refractivity contribution is 5.38. The molecule has 0 saturated heterocycles. The number of aliphatic hydroxyl groups excluding tert-OH is 1. The summed E-state index contributed by atoms with van der Waals surface area (Å²) in [5.74, 6) is 1.16. The number of aromatic nitrogens is 3. The summed E-state index contributed by atoms with van der Waals surface area (Å²) >= 11 is 0. The third-order valence-electron chi connectivity index (χ3n) is 2.20. The largest absolute Gasteiger partial charge is 0.497 e. The van der Waals surface area contributed by atoms with Crippen molar-refractivity contribution in [3.63, 3.8) is 0 Å². The first kappa shape index (κ1) is 10.6. The third kappa shape index (κ3) is 2.04. The van der Waals surface area contributed by atoms with Crippen LogP contribution in [0.5, 0.6) is 5.75 Å². The predicted molar refractivity (Wildman–Crippen MR) is 58.5 cm³/mol. The van der Waals surface area contributed by atoms with Crippen LogP contribution < -0.4 is 4.74 Å². The molecular weight excluding hydrogens is 206 g/mol. The van der Waals surface area contributed by atoms with Crippen molar-refractivity contribution in [1.29, 1.82) is 0 Å². The van der Waals surface area contributed by atoms with Gasteiger partial charge in [-0.15, -0.1) is 5.10 Å². The summed E-state index contributed by atoms with van der Waals surface area (Å²) in [7, 11) is 1.61. The highest BCUT2D eigenvalue weighted by Crippen LogP contribution is 2.16. The van der Waals surface area contributed by atoms with Crippen molar-refractivity contribution in [2.45, 2.75) is 13.0 Å². The van der Waals surface area contributed by atoms with Crippen molar-refractivity contribution in [3.8, 4) is 11.4 Å². The maximum atomic E-state index is 9.32. The molecule has 1 aromatic carbocycles. The first-order valence-corrected chi connectivity index (χ1v) is 4.95. The van der Waals surface area contributed by atoms with Gasteiger partial charge in [0.1, 0.15) is 18.2 Å². The fraction of sp³-hybridized carbons (Fsp3) is 0.273. The zero-order valence-corrected chi connectivity index (χ0v) is 9.16. The summed E-state index contributed by atoms with van der Waals surface area (Å²) < 4.78 is 6.72. The van der Waals surface area contributed by atoms with Crippen LogP contribution in [0.15, 0.2) is 30.6 Å². The highest BCUT2D eigenvalue weighted by Gasteiger charge is 2.07. The molecule has 1 heterocycles. The minimum atomic E-state index is -0.660. The van der Waals surface area contributed by atoms with E-state index in [1.165, 1.54) is 0 Å². The van der Waals surface area contributed by atoms with E-state index in [2.05, 4.69) is 10.1 Å². The lowest BCUT2D eigenvalue weighted by atomic mass is 10.3. The quantitative estimate of drug-likeness (QED) is 0.846. The average Bonchev–Trinajstić information content (AvgIpc) is 2.78. The molecular formula is C11H13N3O2. The molecule has 1 atom stereocenters. The molecule has 2 rings (SSSR count). The van der Waals surface area contributed by atoms with Gasteiger partial charge < -0.3 is 9.84 Å². The molecule has 0 aliphatic carbocycles. The number of ether oxygens (including phenoxy) is 1. The van der Waals surface area contributed by atoms with Crippen LogP contribution in [0.3, 0.4) is 0 Å². The van der Waals surface area contributed by atoms with E-state index in [9.17, 15) is 5.11 Å². The number of hydrogen-bond acceptors (Lipinski definition) is 4. The van der Waals surface area contributed by atoms with Gasteiger partial charge in [-0.1, -0.05) is 6.07 Å². The first-order chi connectivity index (χ1) is 7.70. The molecule has 0 bridgehead atoms. The van der Waals surface area contributed by atoms with Gasteiger partial charge in [0, 0.05) is 6.07 Å². The summed E-state index contributed by atoms with van der Waals surface area (Å²) in [5.41, 5.74) is 0.846. The molecule has 1 unspecified atom stereocenters. The Hall–Kier alpha value is -1.88. The van der Waals surface area contributed by atoms with Gasteiger partial charge in [-0.25, -0.2) is 9.67 Å². The molecule has 0 amide bonds. The second kappa shape index (κ2) is 4.32. The highest BCUT2D eigenvalue weighted by atomic mass is 16.5. The van der Waals surface area contributed by atoms with Gasteiger partial charge in [-0.2, -0.15) is 0 Å². The number of hydrogen-bond donors (Lipinski definition) is 1. The molecule has 1 aromatic heterocycles. The smallest absolute Gasteiger partial charge is 0.179 e. The maximum absolute atomic E-state index is 9.32. The Bertz CT molecular complexity index is 480. The molecule has 84 valence electrons. The Morgan fingerprint density at radius 3 is 2.88 bits per heavy atom. The predicted octanol–water partition coefficient (Wildman–Crippen LogP) is 1.33. The van der Waals surface area contributed by atoms with Crippen LogP contribution in [0.1, 0.15) is 18.9 Å². The van der Waals surface area contributed by atoms with Crippen molar-refractivity contribution in [1.82, 2.24) is 14.8 Å². The van der Waals surface area contributed by atoms with Crippen LogP contribution >= 0.6 is 0 Å². The van der Waals surface area contributed by atoms with Crippen LogP contribution in [0.2, 0.25) is 0 Å². The topological polar surface area (TPSA) is 60.2 Å². The molecule has 16 heavy (non-hydrogen) atoms. The zero-order valence-electron chi connectivity index (χ0n) is 9.16. The van der Waals surface area contributed by atoms with E-state index in [1.807, 2.05) is 24.3 Å². The van der Waals surface area contributed by atoms with Crippen LogP contribution in [0, 0.1) is 0 Å². The molecule has 1 N–H and O–H groups in total. The second-order valence-corrected chi connectivity index (χ2v) is 3.42. The standard InChI is InChI=1S/C11H13N3O2/c1-8(15)11-12-7-14(13-11)9-4-3-5-10(6-9)16-2/h3-8,15H,1-2H3. The molecule has 0 fully saturated rings. The van der Waals surface area contributed by atoms with Gasteiger partial charge in [0.05, 0.1) is 12.8 Å². The Labute approximate surface area is 93.3 Å². The van der Waals surface area contributed by atoms with Crippen molar-refractivity contribution < 1.29 is 9.84 Å². The Kier molecular flexibility index (Phi) is 2.87. The van der Waals surface area contributed by atoms with E-state index in [4.69, 9.17) is 4.74 Å². The lowest BCUT2D eigenvalue weighted by Gasteiger charge is -2.03. The SMILES string of the molecule is COc1cccc(-n2cnc(C(C)O)n2)c1. The molecule has 0 aliphatic rings. The molecule has 0 saturated carbocycles. The van der Waals surface area contributed by atoms with Crippen molar-refractivity contribution in [2.75, 3.05) is 7.11 Å². The lowest BCUT2D eigenvalue weighted by molar-refractivity contribution is 0.189. The molecule has 0 aliphatic heterocycles. The monoisotopic (exact) mass is 219 g/mol. The van der Waals surface area contributed by atoms with Gasteiger partial charge in [0.15, 0.2) is 5.82 Å². The van der Waals surface area contributed by atoms with Crippen molar-refractivity contribution in [2.24, 2.45) is 0 Å². The second-order valence-electron chi connectivity index (χ2n) is 3.42. The molecule has 0 spiro atoms. The minimum absolute atomic E-state index is 0.405. The summed E-state index contributed by atoms with van der Waals surface area (Å²) in [6.45, 7) is 1.63. The summed E-state index contributed by atoms with van der Waals surface area (Å²) in [5, 5.41) is 13.5. The summed E-state index contributed by atoms with van der Waals surface area (Å²) in [4.78, 5) is 4.01. The van der Waals surface area contributed by atoms with E-state index in [1.54, 1.807) is 25.0 Å². The minimum Gasteiger partial charge on any atom is -0.497 e. The molecule has 2 aromatic rings. The Morgan fingerprint density at radius 1 is 1.44 bits per heavy atom. The van der Waals surface area contributed by atoms with Gasteiger partial charge >= 0.3 is 0 Å². The number of nitrogens with zero attached hydrogens (tertiary/aromatic N) is 3. The van der Waals surface area contributed by atoms with Crippen molar-refractivity contribution in [3.05, 3.63) is 36.4 Å². The number of rotatable bonds is 3. The van der Waals surface area contributed by atoms with Gasteiger partial charge in [-0.3, -0.25) is 0 Å². The first-order valence-electron chi connectivity index (χ1n) is 4.95. The fourth-order valence-electron chi connectivity index (χ4n) is 1.34. The van der Waals surface area contributed by atoms with Crippen LogP contribution in [0.25, 0.3) is 5.69 Å². The van der Waals surface area contributed by atoms with Crippen LogP contribution in [0.4, 0.5) is 0 Å². The number of methoxy groups -OCH3 is 1. The average molecular weight is 219 g/mol. The Balaban J connectivity index is 2.34. The number of benzene rings is 1. The summed E-state index contributed by atoms with van der Waals surface area (Å²) in [6.07, 6.45) is 0.906. The lowest BCUT2D eigenvalue weighted by Crippen LogP contribution is -1.98. The van der Waals surface area contributed by atoms with Crippen LogP contribution in [-0.4, -0.2) is 27.0 Å². The molecule has 5 heteroatoms. The van der Waals surface area contributed by atoms with E-state index in [0.29, 0.717) is 5.82 Å². The van der Waals surface area contributed by atoms with Crippen molar-refractivity contribution >= 4 is 0 Å². The van der Waals surface area contributed by atoms with Gasteiger partial charge in [-0.05, 0) is 19.1 Å². The normalized spacial score (nSPS) is 12.4. The van der Waals surface area contributed by atoms with E-state index >= 15 is 0 Å². The van der Waals surface area contributed by atoms with E-state index in [-0.39, 0.29) is 0 Å². The van der Waals surface area contributed by atoms with Crippen LogP contribution in [-0.2, 0) is 0 Å².